The second-order valence-corrected chi connectivity index (χ2v) is 3.74. The van der Waals surface area contributed by atoms with Gasteiger partial charge in [0.2, 0.25) is 5.95 Å². The van der Waals surface area contributed by atoms with Crippen molar-refractivity contribution in [1.82, 2.24) is 9.97 Å². The monoisotopic (exact) mass is 233 g/mol. The molecule has 0 aliphatic carbocycles. The normalized spacial score (nSPS) is 10.3. The average Bonchev–Trinajstić information content (AvgIpc) is 2.74. The van der Waals surface area contributed by atoms with Gasteiger partial charge in [-0.3, -0.25) is 5.43 Å². The summed E-state index contributed by atoms with van der Waals surface area (Å²) in [6.45, 7) is 4.42. The van der Waals surface area contributed by atoms with Crippen molar-refractivity contribution in [2.75, 3.05) is 10.7 Å². The Hall–Kier alpha value is -2.08. The van der Waals surface area contributed by atoms with Gasteiger partial charge in [-0.15, -0.1) is 0 Å². The molecule has 17 heavy (non-hydrogen) atoms. The van der Waals surface area contributed by atoms with Gasteiger partial charge in [0, 0.05) is 11.8 Å². The number of hydrazine groups is 1. The van der Waals surface area contributed by atoms with E-state index in [1.54, 1.807) is 6.20 Å². The van der Waals surface area contributed by atoms with Gasteiger partial charge in [-0.25, -0.2) is 10.8 Å². The number of nitrogens with two attached hydrogens (primary N) is 1. The first-order chi connectivity index (χ1) is 8.19. The summed E-state index contributed by atoms with van der Waals surface area (Å²) in [5, 5.41) is 3.18. The number of hydrogen-bond acceptors (Lipinski definition) is 6. The molecule has 0 atom stereocenters. The van der Waals surface area contributed by atoms with Crippen molar-refractivity contribution in [2.24, 2.45) is 5.84 Å². The first kappa shape index (κ1) is 11.4. The van der Waals surface area contributed by atoms with E-state index < -0.39 is 0 Å². The van der Waals surface area contributed by atoms with Crippen molar-refractivity contribution in [1.29, 1.82) is 0 Å². The molecule has 90 valence electrons. The van der Waals surface area contributed by atoms with Crippen LogP contribution in [0.1, 0.15) is 17.1 Å². The molecule has 6 nitrogen and oxygen atoms in total. The molecule has 0 bridgehead atoms. The molecule has 0 aromatic carbocycles. The zero-order valence-corrected chi connectivity index (χ0v) is 9.82. The van der Waals surface area contributed by atoms with Crippen LogP contribution in [0.3, 0.4) is 0 Å². The van der Waals surface area contributed by atoms with Crippen molar-refractivity contribution in [3.05, 3.63) is 35.4 Å². The fraction of sp³-hybridized carbons (Fsp3) is 0.273. The fourth-order valence-corrected chi connectivity index (χ4v) is 1.44. The van der Waals surface area contributed by atoms with Crippen LogP contribution in [-0.2, 0) is 6.54 Å². The Bertz CT molecular complexity index is 508. The lowest BCUT2D eigenvalue weighted by Gasteiger charge is -2.08. The first-order valence-electron chi connectivity index (χ1n) is 5.28. The van der Waals surface area contributed by atoms with E-state index in [1.165, 1.54) is 0 Å². The molecule has 2 aromatic heterocycles. The zero-order chi connectivity index (χ0) is 12.3. The summed E-state index contributed by atoms with van der Waals surface area (Å²) in [5.41, 5.74) is 3.36. The molecule has 6 heteroatoms. The van der Waals surface area contributed by atoms with Crippen molar-refractivity contribution >= 4 is 11.8 Å². The maximum Gasteiger partial charge on any atom is 0.239 e. The summed E-state index contributed by atoms with van der Waals surface area (Å²) in [4.78, 5) is 8.22. The van der Waals surface area contributed by atoms with Gasteiger partial charge in [-0.2, -0.15) is 4.98 Å². The molecule has 0 radical (unpaired) electrons. The van der Waals surface area contributed by atoms with Crippen molar-refractivity contribution in [2.45, 2.75) is 20.4 Å². The van der Waals surface area contributed by atoms with Crippen molar-refractivity contribution in [3.63, 3.8) is 0 Å². The van der Waals surface area contributed by atoms with E-state index >= 15 is 0 Å². The van der Waals surface area contributed by atoms with Gasteiger partial charge in [0.15, 0.2) is 0 Å². The molecule has 0 fully saturated rings. The van der Waals surface area contributed by atoms with E-state index in [4.69, 9.17) is 10.3 Å². The van der Waals surface area contributed by atoms with Crippen molar-refractivity contribution in [3.8, 4) is 0 Å². The quantitative estimate of drug-likeness (QED) is 0.549. The van der Waals surface area contributed by atoms with Crippen LogP contribution in [0.15, 0.2) is 22.7 Å². The van der Waals surface area contributed by atoms with Crippen LogP contribution in [-0.4, -0.2) is 9.97 Å². The molecule has 0 unspecified atom stereocenters. The molecule has 0 amide bonds. The number of furan rings is 1. The maximum atomic E-state index is 5.46. The Kier molecular flexibility index (Phi) is 3.24. The van der Waals surface area contributed by atoms with Crippen LogP contribution < -0.4 is 16.6 Å². The van der Waals surface area contributed by atoms with Crippen LogP contribution in [0.4, 0.5) is 11.8 Å². The molecule has 0 spiro atoms. The highest BCUT2D eigenvalue weighted by Gasteiger charge is 2.04. The highest BCUT2D eigenvalue weighted by atomic mass is 16.3. The molecule has 0 saturated carbocycles. The van der Waals surface area contributed by atoms with Gasteiger partial charge in [0.05, 0.1) is 6.54 Å². The Morgan fingerprint density at radius 1 is 1.35 bits per heavy atom. The highest BCUT2D eigenvalue weighted by Crippen LogP contribution is 2.14. The lowest BCUT2D eigenvalue weighted by molar-refractivity contribution is 0.490. The Balaban J connectivity index is 2.07. The van der Waals surface area contributed by atoms with E-state index in [0.717, 1.165) is 22.9 Å². The first-order valence-corrected chi connectivity index (χ1v) is 5.28. The smallest absolute Gasteiger partial charge is 0.239 e. The zero-order valence-electron chi connectivity index (χ0n) is 9.82. The standard InChI is InChI=1S/C11H15N5O/c1-7-5-14-11(16-12)15-10(7)13-6-9-4-3-8(2)17-9/h3-5H,6,12H2,1-2H3,(H2,13,14,15,16). The van der Waals surface area contributed by atoms with E-state index in [-0.39, 0.29) is 0 Å². The molecule has 4 N–H and O–H groups in total. The summed E-state index contributed by atoms with van der Waals surface area (Å²) in [5.74, 6) is 8.14. The van der Waals surface area contributed by atoms with E-state index in [1.807, 2.05) is 26.0 Å². The van der Waals surface area contributed by atoms with Gasteiger partial charge < -0.3 is 9.73 Å². The minimum atomic E-state index is 0.383. The minimum absolute atomic E-state index is 0.383. The van der Waals surface area contributed by atoms with Crippen LogP contribution >= 0.6 is 0 Å². The molecule has 2 rings (SSSR count). The summed E-state index contributed by atoms with van der Waals surface area (Å²) in [7, 11) is 0. The number of hydrogen-bond donors (Lipinski definition) is 3. The summed E-state index contributed by atoms with van der Waals surface area (Å²) >= 11 is 0. The number of rotatable bonds is 4. The molecular formula is C11H15N5O. The van der Waals surface area contributed by atoms with E-state index in [0.29, 0.717) is 12.5 Å². The third-order valence-corrected chi connectivity index (χ3v) is 2.33. The topological polar surface area (TPSA) is 89.0 Å². The Morgan fingerprint density at radius 3 is 2.82 bits per heavy atom. The molecule has 0 aliphatic heterocycles. The van der Waals surface area contributed by atoms with Gasteiger partial charge in [-0.1, -0.05) is 0 Å². The van der Waals surface area contributed by atoms with Gasteiger partial charge in [-0.05, 0) is 26.0 Å². The lowest BCUT2D eigenvalue weighted by atomic mass is 10.3. The minimum Gasteiger partial charge on any atom is -0.465 e. The number of nitrogen functional groups attached to an aromatic ring is 1. The number of anilines is 2. The number of aromatic nitrogens is 2. The van der Waals surface area contributed by atoms with Crippen LogP contribution in [0.25, 0.3) is 0 Å². The van der Waals surface area contributed by atoms with Crippen LogP contribution in [0.5, 0.6) is 0 Å². The molecular weight excluding hydrogens is 218 g/mol. The third kappa shape index (κ3) is 2.73. The van der Waals surface area contributed by atoms with Gasteiger partial charge in [0.1, 0.15) is 17.3 Å². The molecule has 0 aliphatic rings. The molecule has 2 aromatic rings. The lowest BCUT2D eigenvalue weighted by Crippen LogP contribution is -2.12. The van der Waals surface area contributed by atoms with E-state index in [9.17, 15) is 0 Å². The van der Waals surface area contributed by atoms with E-state index in [2.05, 4.69) is 20.7 Å². The van der Waals surface area contributed by atoms with Crippen LogP contribution in [0, 0.1) is 13.8 Å². The largest absolute Gasteiger partial charge is 0.465 e. The Morgan fingerprint density at radius 2 is 2.18 bits per heavy atom. The Labute approximate surface area is 99.2 Å². The second-order valence-electron chi connectivity index (χ2n) is 3.74. The highest BCUT2D eigenvalue weighted by molar-refractivity contribution is 5.46. The molecule has 2 heterocycles. The number of nitrogens with one attached hydrogen (secondary N) is 2. The second kappa shape index (κ2) is 4.84. The van der Waals surface area contributed by atoms with Gasteiger partial charge in [0.25, 0.3) is 0 Å². The third-order valence-electron chi connectivity index (χ3n) is 2.33. The predicted molar refractivity (Wildman–Crippen MR) is 65.4 cm³/mol. The summed E-state index contributed by atoms with van der Waals surface area (Å²) < 4.78 is 5.46. The van der Waals surface area contributed by atoms with Gasteiger partial charge >= 0.3 is 0 Å². The SMILES string of the molecule is Cc1ccc(CNc2nc(NN)ncc2C)o1. The van der Waals surface area contributed by atoms with Crippen LogP contribution in [0.2, 0.25) is 0 Å². The maximum absolute atomic E-state index is 5.46. The predicted octanol–water partition coefficient (Wildman–Crippen LogP) is 1.58. The number of nitrogens with zero attached hydrogens (tertiary/aromatic N) is 2. The fourth-order valence-electron chi connectivity index (χ4n) is 1.44. The summed E-state index contributed by atoms with van der Waals surface area (Å²) in [6, 6.07) is 3.86. The summed E-state index contributed by atoms with van der Waals surface area (Å²) in [6.07, 6.45) is 1.71. The number of aryl methyl sites for hydroxylation is 2. The van der Waals surface area contributed by atoms with Crippen molar-refractivity contribution < 1.29 is 4.42 Å². The average molecular weight is 233 g/mol. The molecule has 0 saturated heterocycles.